The van der Waals surface area contributed by atoms with Crippen molar-refractivity contribution in [3.05, 3.63) is 64.6 Å². The minimum absolute atomic E-state index is 0.0937. The predicted molar refractivity (Wildman–Crippen MR) is 94.4 cm³/mol. The summed E-state index contributed by atoms with van der Waals surface area (Å²) in [6.07, 6.45) is -0.632. The third-order valence-electron chi connectivity index (χ3n) is 3.97. The molecule has 2 atom stereocenters. The van der Waals surface area contributed by atoms with Crippen LogP contribution in [0.1, 0.15) is 18.1 Å². The van der Waals surface area contributed by atoms with Crippen LogP contribution in [0, 0.1) is 0 Å². The van der Waals surface area contributed by atoms with Gasteiger partial charge in [-0.1, -0.05) is 46.3 Å². The van der Waals surface area contributed by atoms with E-state index < -0.39 is 12.1 Å². The lowest BCUT2D eigenvalue weighted by Gasteiger charge is -2.17. The molecule has 2 amide bonds. The number of hydrogen-bond acceptors (Lipinski definition) is 4. The number of anilines is 1. The van der Waals surface area contributed by atoms with Crippen LogP contribution < -0.4 is 10.2 Å². The molecule has 2 aromatic carbocycles. The minimum atomic E-state index is -0.726. The number of aliphatic hydroxyl groups is 1. The Hall–Kier alpha value is -2.02. The summed E-state index contributed by atoms with van der Waals surface area (Å²) >= 11 is 3.33. The maximum Gasteiger partial charge on any atom is 0.251 e. The summed E-state index contributed by atoms with van der Waals surface area (Å²) in [6.45, 7) is 0.210. The molecule has 1 fully saturated rings. The summed E-state index contributed by atoms with van der Waals surface area (Å²) in [6, 6.07) is 15.6. The summed E-state index contributed by atoms with van der Waals surface area (Å²) in [4.78, 5) is 25.9. The second kappa shape index (κ2) is 7.25. The third-order valence-corrected chi connectivity index (χ3v) is 4.50. The number of carbonyl (C=O) groups is 2. The highest BCUT2D eigenvalue weighted by Crippen LogP contribution is 2.25. The molecule has 0 bridgehead atoms. The van der Waals surface area contributed by atoms with Gasteiger partial charge in [0, 0.05) is 11.0 Å². The number of nitrogens with zero attached hydrogens (tertiary/aromatic N) is 1. The van der Waals surface area contributed by atoms with E-state index in [1.165, 1.54) is 4.90 Å². The summed E-state index contributed by atoms with van der Waals surface area (Å²) in [5, 5.41) is 13.2. The van der Waals surface area contributed by atoms with Crippen molar-refractivity contribution < 1.29 is 14.7 Å². The van der Waals surface area contributed by atoms with Gasteiger partial charge in [-0.15, -0.1) is 0 Å². The van der Waals surface area contributed by atoms with E-state index in [2.05, 4.69) is 21.2 Å². The second-order valence-corrected chi connectivity index (χ2v) is 6.55. The van der Waals surface area contributed by atoms with Gasteiger partial charge >= 0.3 is 0 Å². The van der Waals surface area contributed by atoms with Crippen molar-refractivity contribution in [1.82, 2.24) is 5.32 Å². The number of hydrogen-bond donors (Lipinski definition) is 2. The summed E-state index contributed by atoms with van der Waals surface area (Å²) in [5.41, 5.74) is 1.33. The Morgan fingerprint density at radius 3 is 2.46 bits per heavy atom. The van der Waals surface area contributed by atoms with Crippen LogP contribution in [0.2, 0.25) is 0 Å². The topological polar surface area (TPSA) is 69.6 Å². The Balaban J connectivity index is 1.65. The average molecular weight is 389 g/mol. The lowest BCUT2D eigenvalue weighted by molar-refractivity contribution is -0.121. The number of benzene rings is 2. The van der Waals surface area contributed by atoms with Crippen LogP contribution in [0.5, 0.6) is 0 Å². The number of imide groups is 1. The molecule has 3 rings (SSSR count). The summed E-state index contributed by atoms with van der Waals surface area (Å²) in [5.74, 6) is -0.531. The molecule has 1 aliphatic heterocycles. The number of rotatable bonds is 5. The predicted octanol–water partition coefficient (Wildman–Crippen LogP) is 2.40. The van der Waals surface area contributed by atoms with Crippen molar-refractivity contribution in [2.75, 3.05) is 11.4 Å². The molecule has 2 aromatic rings. The van der Waals surface area contributed by atoms with Gasteiger partial charge in [-0.2, -0.15) is 0 Å². The maximum atomic E-state index is 12.5. The van der Waals surface area contributed by atoms with Crippen LogP contribution >= 0.6 is 15.9 Å². The quantitative estimate of drug-likeness (QED) is 0.771. The van der Waals surface area contributed by atoms with Crippen molar-refractivity contribution in [1.29, 1.82) is 0 Å². The zero-order valence-corrected chi connectivity index (χ0v) is 14.4. The molecule has 0 aliphatic carbocycles. The van der Waals surface area contributed by atoms with E-state index in [0.717, 1.165) is 10.0 Å². The van der Waals surface area contributed by atoms with Crippen LogP contribution in [0.3, 0.4) is 0 Å². The molecular formula is C18H17BrN2O3. The van der Waals surface area contributed by atoms with E-state index in [1.54, 1.807) is 24.3 Å². The second-order valence-electron chi connectivity index (χ2n) is 5.64. The van der Waals surface area contributed by atoms with E-state index in [9.17, 15) is 14.7 Å². The fourth-order valence-electron chi connectivity index (χ4n) is 2.70. The Bertz CT molecular complexity index is 734. The minimum Gasteiger partial charge on any atom is -0.387 e. The van der Waals surface area contributed by atoms with Crippen molar-refractivity contribution >= 4 is 33.4 Å². The first-order chi connectivity index (χ1) is 11.6. The molecule has 1 saturated heterocycles. The van der Waals surface area contributed by atoms with Gasteiger partial charge in [-0.05, 0) is 29.8 Å². The first-order valence-electron chi connectivity index (χ1n) is 7.65. The van der Waals surface area contributed by atoms with E-state index in [4.69, 9.17) is 0 Å². The molecule has 24 heavy (non-hydrogen) atoms. The highest BCUT2D eigenvalue weighted by atomic mass is 79.9. The largest absolute Gasteiger partial charge is 0.387 e. The summed E-state index contributed by atoms with van der Waals surface area (Å²) in [7, 11) is 0. The molecule has 0 saturated carbocycles. The van der Waals surface area contributed by atoms with Gasteiger partial charge in [0.1, 0.15) is 0 Å². The molecular weight excluding hydrogens is 372 g/mol. The van der Waals surface area contributed by atoms with Crippen LogP contribution in [0.4, 0.5) is 5.69 Å². The number of carbonyl (C=O) groups excluding carboxylic acids is 2. The molecule has 2 unspecified atom stereocenters. The van der Waals surface area contributed by atoms with Crippen LogP contribution in [-0.4, -0.2) is 29.5 Å². The SMILES string of the molecule is O=C1CC(NCC(O)c2ccccc2)C(=O)N1c1ccc(Br)cc1. The van der Waals surface area contributed by atoms with Crippen molar-refractivity contribution in [3.8, 4) is 0 Å². The molecule has 0 aromatic heterocycles. The van der Waals surface area contributed by atoms with Gasteiger partial charge < -0.3 is 10.4 Å². The Labute approximate surface area is 148 Å². The van der Waals surface area contributed by atoms with E-state index in [-0.39, 0.29) is 24.8 Å². The first kappa shape index (κ1) is 16.8. The van der Waals surface area contributed by atoms with E-state index >= 15 is 0 Å². The van der Waals surface area contributed by atoms with Crippen molar-refractivity contribution in [2.45, 2.75) is 18.6 Å². The fourth-order valence-corrected chi connectivity index (χ4v) is 2.96. The smallest absolute Gasteiger partial charge is 0.251 e. The fraction of sp³-hybridized carbons (Fsp3) is 0.222. The van der Waals surface area contributed by atoms with Gasteiger partial charge in [0.15, 0.2) is 0 Å². The average Bonchev–Trinajstić information content (AvgIpc) is 2.88. The van der Waals surface area contributed by atoms with Crippen LogP contribution in [-0.2, 0) is 9.59 Å². The molecule has 2 N–H and O–H groups in total. The molecule has 1 aliphatic rings. The number of amides is 2. The van der Waals surface area contributed by atoms with Gasteiger partial charge in [-0.25, -0.2) is 4.90 Å². The van der Waals surface area contributed by atoms with Gasteiger partial charge in [0.2, 0.25) is 5.91 Å². The Morgan fingerprint density at radius 2 is 1.79 bits per heavy atom. The Morgan fingerprint density at radius 1 is 1.12 bits per heavy atom. The molecule has 124 valence electrons. The van der Waals surface area contributed by atoms with Crippen molar-refractivity contribution in [2.24, 2.45) is 0 Å². The molecule has 0 spiro atoms. The molecule has 1 heterocycles. The molecule has 0 radical (unpaired) electrons. The lowest BCUT2D eigenvalue weighted by Crippen LogP contribution is -2.40. The number of halogens is 1. The van der Waals surface area contributed by atoms with Gasteiger partial charge in [0.25, 0.3) is 5.91 Å². The number of nitrogens with one attached hydrogen (secondary N) is 1. The van der Waals surface area contributed by atoms with Crippen LogP contribution in [0.15, 0.2) is 59.1 Å². The highest BCUT2D eigenvalue weighted by Gasteiger charge is 2.39. The highest BCUT2D eigenvalue weighted by molar-refractivity contribution is 9.10. The zero-order chi connectivity index (χ0) is 17.1. The normalized spacial score (nSPS) is 18.9. The lowest BCUT2D eigenvalue weighted by atomic mass is 10.1. The third kappa shape index (κ3) is 3.56. The summed E-state index contributed by atoms with van der Waals surface area (Å²) < 4.78 is 0.881. The standard InChI is InChI=1S/C18H17BrN2O3/c19-13-6-8-14(9-7-13)21-17(23)10-15(18(21)24)20-11-16(22)12-4-2-1-3-5-12/h1-9,15-16,20,22H,10-11H2. The molecule has 5 nitrogen and oxygen atoms in total. The van der Waals surface area contributed by atoms with Crippen LogP contribution in [0.25, 0.3) is 0 Å². The van der Waals surface area contributed by atoms with Gasteiger partial charge in [-0.3, -0.25) is 9.59 Å². The molecule has 6 heteroatoms. The Kier molecular flexibility index (Phi) is 5.08. The maximum absolute atomic E-state index is 12.5. The first-order valence-corrected chi connectivity index (χ1v) is 8.44. The monoisotopic (exact) mass is 388 g/mol. The van der Waals surface area contributed by atoms with Gasteiger partial charge in [0.05, 0.1) is 24.3 Å². The van der Waals surface area contributed by atoms with Crippen molar-refractivity contribution in [3.63, 3.8) is 0 Å². The van der Waals surface area contributed by atoms with E-state index in [0.29, 0.717) is 5.69 Å². The van der Waals surface area contributed by atoms with E-state index in [1.807, 2.05) is 30.3 Å². The number of aliphatic hydroxyl groups excluding tert-OH is 1. The zero-order valence-electron chi connectivity index (χ0n) is 12.9.